The van der Waals surface area contributed by atoms with Gasteiger partial charge in [0, 0.05) is 13.5 Å². The van der Waals surface area contributed by atoms with Gasteiger partial charge in [0.15, 0.2) is 0 Å². The number of aromatic amines is 1. The van der Waals surface area contributed by atoms with Crippen molar-refractivity contribution in [2.75, 3.05) is 0 Å². The van der Waals surface area contributed by atoms with E-state index >= 15 is 0 Å². The number of hydrogen-bond donors (Lipinski definition) is 1. The molecule has 2 aromatic carbocycles. The zero-order valence-corrected chi connectivity index (χ0v) is 18.0. The van der Waals surface area contributed by atoms with Gasteiger partial charge < -0.3 is 0 Å². The fourth-order valence-electron chi connectivity index (χ4n) is 2.94. The minimum absolute atomic E-state index is 0. The molecule has 0 fully saturated rings. The predicted octanol–water partition coefficient (Wildman–Crippen LogP) is 3.92. The molecule has 0 saturated heterocycles. The van der Waals surface area contributed by atoms with Crippen LogP contribution in [0.3, 0.4) is 0 Å². The van der Waals surface area contributed by atoms with Crippen LogP contribution >= 0.6 is 28.7 Å². The second kappa shape index (κ2) is 8.62. The summed E-state index contributed by atoms with van der Waals surface area (Å²) >= 11 is 1.29. The lowest BCUT2D eigenvalue weighted by atomic mass is 10.1. The molecule has 4 aromatic rings. The molecule has 2 heterocycles. The predicted molar refractivity (Wildman–Crippen MR) is 116 cm³/mol. The van der Waals surface area contributed by atoms with Gasteiger partial charge in [-0.1, -0.05) is 48.5 Å². The summed E-state index contributed by atoms with van der Waals surface area (Å²) in [6.45, 7) is 1.93. The monoisotopic (exact) mass is 457 g/mol. The molecule has 0 aliphatic carbocycles. The van der Waals surface area contributed by atoms with Crippen LogP contribution < -0.4 is 5.56 Å². The topological polar surface area (TPSA) is 68.5 Å². The second-order valence-corrected chi connectivity index (χ2v) is 7.20. The van der Waals surface area contributed by atoms with E-state index in [2.05, 4.69) is 27.3 Å². The smallest absolute Gasteiger partial charge is 0.284 e. The number of para-hydroxylation sites is 1. The van der Waals surface area contributed by atoms with E-state index in [-0.39, 0.29) is 22.5 Å². The Labute approximate surface area is 177 Å². The molecule has 0 radical (unpaired) electrons. The highest BCUT2D eigenvalue weighted by Crippen LogP contribution is 2.26. The van der Waals surface area contributed by atoms with Crippen molar-refractivity contribution in [2.45, 2.75) is 23.4 Å². The van der Waals surface area contributed by atoms with Crippen LogP contribution in [0.4, 0.5) is 0 Å². The Bertz CT molecular complexity index is 1120. The van der Waals surface area contributed by atoms with Crippen molar-refractivity contribution in [3.8, 4) is 5.69 Å². The zero-order valence-electron chi connectivity index (χ0n) is 15.5. The van der Waals surface area contributed by atoms with Crippen molar-refractivity contribution in [3.63, 3.8) is 0 Å². The largest absolute Gasteiger partial charge is 0.285 e. The van der Waals surface area contributed by atoms with Crippen LogP contribution in [0.25, 0.3) is 5.69 Å². The Morgan fingerprint density at radius 2 is 1.68 bits per heavy atom. The molecule has 0 saturated carbocycles. The van der Waals surface area contributed by atoms with Gasteiger partial charge in [-0.05, 0) is 36.4 Å². The summed E-state index contributed by atoms with van der Waals surface area (Å²) in [7, 11) is 1.88. The van der Waals surface area contributed by atoms with E-state index in [1.165, 1.54) is 11.8 Å². The van der Waals surface area contributed by atoms with Crippen LogP contribution in [-0.4, -0.2) is 24.5 Å². The normalized spacial score (nSPS) is 10.6. The number of nitrogens with one attached hydrogen (secondary N) is 1. The molecular weight excluding hydrogens is 438 g/mol. The number of aromatic nitrogens is 5. The number of nitrogens with zero attached hydrogens (tertiary/aromatic N) is 4. The standard InChI is InChI=1S/C20H19N5OS.BrH/c1-14-18(19(26)25(24(14)2)16-11-7-4-8-12-16)27-20-21-17(22-23-20)13-15-9-5-3-6-10-15;/h3-12H,13H2,1-2H3,(H,21,22,23);1H. The Balaban J connectivity index is 0.00000225. The fraction of sp³-hybridized carbons (Fsp3) is 0.150. The molecule has 0 atom stereocenters. The third-order valence-corrected chi connectivity index (χ3v) is 5.46. The molecule has 0 aliphatic rings. The van der Waals surface area contributed by atoms with Gasteiger partial charge in [-0.25, -0.2) is 9.67 Å². The number of halogens is 1. The molecule has 1 N–H and O–H groups in total. The van der Waals surface area contributed by atoms with Crippen molar-refractivity contribution >= 4 is 28.7 Å². The van der Waals surface area contributed by atoms with Gasteiger partial charge in [0.2, 0.25) is 5.16 Å². The van der Waals surface area contributed by atoms with E-state index in [0.717, 1.165) is 22.8 Å². The van der Waals surface area contributed by atoms with Crippen molar-refractivity contribution in [1.82, 2.24) is 24.5 Å². The summed E-state index contributed by atoms with van der Waals surface area (Å²) in [6.07, 6.45) is 0.677. The highest BCUT2D eigenvalue weighted by atomic mass is 79.9. The van der Waals surface area contributed by atoms with E-state index in [0.29, 0.717) is 16.5 Å². The van der Waals surface area contributed by atoms with Crippen LogP contribution in [0.5, 0.6) is 0 Å². The average molecular weight is 458 g/mol. The minimum Gasteiger partial charge on any atom is -0.284 e. The molecule has 4 rings (SSSR count). The van der Waals surface area contributed by atoms with Crippen LogP contribution in [0.2, 0.25) is 0 Å². The van der Waals surface area contributed by atoms with Gasteiger partial charge >= 0.3 is 0 Å². The molecule has 28 heavy (non-hydrogen) atoms. The van der Waals surface area contributed by atoms with Crippen molar-refractivity contribution in [1.29, 1.82) is 0 Å². The lowest BCUT2D eigenvalue weighted by molar-refractivity contribution is 0.630. The minimum atomic E-state index is -0.0689. The number of H-pyrrole nitrogens is 1. The van der Waals surface area contributed by atoms with E-state index in [4.69, 9.17) is 0 Å². The van der Waals surface area contributed by atoms with E-state index in [1.54, 1.807) is 4.68 Å². The molecular formula is C20H20BrN5OS. The number of benzene rings is 2. The van der Waals surface area contributed by atoms with Crippen molar-refractivity contribution < 1.29 is 0 Å². The molecule has 144 valence electrons. The van der Waals surface area contributed by atoms with Crippen LogP contribution in [0.1, 0.15) is 17.1 Å². The first kappa shape index (κ1) is 20.2. The van der Waals surface area contributed by atoms with Gasteiger partial charge in [0.25, 0.3) is 5.56 Å². The zero-order chi connectivity index (χ0) is 18.8. The summed E-state index contributed by atoms with van der Waals surface area (Å²) < 4.78 is 3.52. The maximum atomic E-state index is 13.0. The quantitative estimate of drug-likeness (QED) is 0.492. The molecule has 8 heteroatoms. The van der Waals surface area contributed by atoms with Gasteiger partial charge in [0.1, 0.15) is 10.7 Å². The third-order valence-electron chi connectivity index (χ3n) is 4.42. The highest BCUT2D eigenvalue weighted by Gasteiger charge is 2.19. The van der Waals surface area contributed by atoms with Crippen LogP contribution in [0.15, 0.2) is 75.5 Å². The summed E-state index contributed by atoms with van der Waals surface area (Å²) in [4.78, 5) is 18.1. The average Bonchev–Trinajstić information content (AvgIpc) is 3.21. The Morgan fingerprint density at radius 3 is 2.36 bits per heavy atom. The number of rotatable bonds is 5. The molecule has 0 aliphatic heterocycles. The first-order chi connectivity index (χ1) is 13.1. The molecule has 0 unspecified atom stereocenters. The van der Waals surface area contributed by atoms with Gasteiger partial charge in [-0.3, -0.25) is 14.6 Å². The first-order valence-electron chi connectivity index (χ1n) is 8.60. The maximum Gasteiger partial charge on any atom is 0.285 e. The summed E-state index contributed by atoms with van der Waals surface area (Å²) in [5.41, 5.74) is 2.80. The van der Waals surface area contributed by atoms with Crippen molar-refractivity contribution in [2.24, 2.45) is 7.05 Å². The van der Waals surface area contributed by atoms with Crippen LogP contribution in [0, 0.1) is 6.92 Å². The summed E-state index contributed by atoms with van der Waals surface area (Å²) in [5.74, 6) is 0.778. The maximum absolute atomic E-state index is 13.0. The lowest BCUT2D eigenvalue weighted by Gasteiger charge is -2.07. The Kier molecular flexibility index (Phi) is 6.21. The molecule has 0 amide bonds. The lowest BCUT2D eigenvalue weighted by Crippen LogP contribution is -2.19. The SMILES string of the molecule is Br.Cc1c(Sc2n[nH]c(Cc3ccccc3)n2)c(=O)n(-c2ccccc2)n1C. The van der Waals surface area contributed by atoms with Gasteiger partial charge in [-0.2, -0.15) is 0 Å². The first-order valence-corrected chi connectivity index (χ1v) is 9.42. The van der Waals surface area contributed by atoms with Crippen molar-refractivity contribution in [3.05, 3.63) is 88.1 Å². The molecule has 0 spiro atoms. The third kappa shape index (κ3) is 3.98. The summed E-state index contributed by atoms with van der Waals surface area (Å²) in [6, 6.07) is 19.7. The highest BCUT2D eigenvalue weighted by molar-refractivity contribution is 8.93. The van der Waals surface area contributed by atoms with E-state index in [9.17, 15) is 4.79 Å². The van der Waals surface area contributed by atoms with E-state index < -0.39 is 0 Å². The van der Waals surface area contributed by atoms with Crippen LogP contribution in [-0.2, 0) is 13.5 Å². The number of hydrogen-bond acceptors (Lipinski definition) is 4. The summed E-state index contributed by atoms with van der Waals surface area (Å²) in [5, 5.41) is 7.79. The second-order valence-electron chi connectivity index (χ2n) is 6.22. The Hall–Kier alpha value is -2.58. The molecule has 6 nitrogen and oxygen atoms in total. The van der Waals surface area contributed by atoms with Gasteiger partial charge in [-0.15, -0.1) is 22.1 Å². The molecule has 0 bridgehead atoms. The Morgan fingerprint density at radius 1 is 1.04 bits per heavy atom. The molecule has 2 aromatic heterocycles. The van der Waals surface area contributed by atoms with E-state index in [1.807, 2.05) is 67.2 Å². The van der Waals surface area contributed by atoms with Gasteiger partial charge in [0.05, 0.1) is 11.4 Å². The fourth-order valence-corrected chi connectivity index (χ4v) is 3.83.